The molecule has 0 bridgehead atoms. The highest BCUT2D eigenvalue weighted by molar-refractivity contribution is 7.10. The number of hydrogen-bond acceptors (Lipinski definition) is 7. The van der Waals surface area contributed by atoms with E-state index in [1.165, 1.54) is 22.7 Å². The van der Waals surface area contributed by atoms with E-state index in [-0.39, 0.29) is 12.2 Å². The maximum absolute atomic E-state index is 13.5. The van der Waals surface area contributed by atoms with E-state index >= 15 is 0 Å². The summed E-state index contributed by atoms with van der Waals surface area (Å²) in [5.74, 6) is 0.271. The molecule has 0 unspecified atom stereocenters. The average molecular weight is 455 g/mol. The van der Waals surface area contributed by atoms with Gasteiger partial charge >= 0.3 is 5.97 Å². The Kier molecular flexibility index (Phi) is 6.20. The second kappa shape index (κ2) is 9.03. The topological polar surface area (TPSA) is 69.9 Å². The SMILES string of the molecule is CCOC(=O)C1=C(C)N=c2s/c(=C\c3ccccc3OCC)c(=O)n2[C@H]1c1cccs1. The van der Waals surface area contributed by atoms with Crippen LogP contribution < -0.4 is 19.6 Å². The highest BCUT2D eigenvalue weighted by Gasteiger charge is 2.33. The third-order valence-electron chi connectivity index (χ3n) is 4.84. The number of nitrogens with zero attached hydrogens (tertiary/aromatic N) is 2. The fourth-order valence-corrected chi connectivity index (χ4v) is 5.40. The van der Waals surface area contributed by atoms with Crippen molar-refractivity contribution in [2.24, 2.45) is 4.99 Å². The molecule has 160 valence electrons. The highest BCUT2D eigenvalue weighted by atomic mass is 32.1. The molecule has 2 aromatic heterocycles. The minimum atomic E-state index is -0.556. The van der Waals surface area contributed by atoms with Gasteiger partial charge in [0.1, 0.15) is 11.8 Å². The van der Waals surface area contributed by atoms with Crippen LogP contribution in [-0.2, 0) is 9.53 Å². The fourth-order valence-electron chi connectivity index (χ4n) is 3.54. The number of carbonyl (C=O) groups is 1. The minimum Gasteiger partial charge on any atom is -0.493 e. The zero-order valence-electron chi connectivity index (χ0n) is 17.5. The Morgan fingerprint density at radius 2 is 2.00 bits per heavy atom. The molecule has 1 atom stereocenters. The number of thiazole rings is 1. The zero-order valence-corrected chi connectivity index (χ0v) is 19.1. The molecule has 0 saturated heterocycles. The lowest BCUT2D eigenvalue weighted by Gasteiger charge is -2.23. The predicted molar refractivity (Wildman–Crippen MR) is 122 cm³/mol. The number of carbonyl (C=O) groups excluding carboxylic acids is 1. The lowest BCUT2D eigenvalue weighted by molar-refractivity contribution is -0.139. The van der Waals surface area contributed by atoms with Crippen molar-refractivity contribution in [1.82, 2.24) is 4.57 Å². The van der Waals surface area contributed by atoms with Crippen LogP contribution in [0.4, 0.5) is 0 Å². The highest BCUT2D eigenvalue weighted by Crippen LogP contribution is 2.33. The molecule has 1 aliphatic heterocycles. The van der Waals surface area contributed by atoms with E-state index in [1.54, 1.807) is 18.4 Å². The first-order valence-corrected chi connectivity index (χ1v) is 11.7. The van der Waals surface area contributed by atoms with Crippen molar-refractivity contribution in [3.63, 3.8) is 0 Å². The number of allylic oxidation sites excluding steroid dienone is 1. The standard InChI is InChI=1S/C23H22N2O4S2/c1-4-28-16-10-7-6-9-15(16)13-18-21(26)25-20(17-11-8-12-30-17)19(22(27)29-5-2)14(3)24-23(25)31-18/h6-13,20H,4-5H2,1-3H3/b18-13-/t20-/m0/s1. The van der Waals surface area contributed by atoms with Crippen LogP contribution in [0.3, 0.4) is 0 Å². The van der Waals surface area contributed by atoms with Gasteiger partial charge in [0, 0.05) is 10.4 Å². The number of fused-ring (bicyclic) bond motifs is 1. The molecule has 4 rings (SSSR count). The molecule has 31 heavy (non-hydrogen) atoms. The van der Waals surface area contributed by atoms with Crippen molar-refractivity contribution < 1.29 is 14.3 Å². The van der Waals surface area contributed by atoms with E-state index in [9.17, 15) is 9.59 Å². The second-order valence-corrected chi connectivity index (χ2v) is 8.78. The summed E-state index contributed by atoms with van der Waals surface area (Å²) in [5.41, 5.74) is 1.60. The van der Waals surface area contributed by atoms with Gasteiger partial charge in [0.05, 0.1) is 29.0 Å². The van der Waals surface area contributed by atoms with E-state index in [0.29, 0.717) is 33.0 Å². The number of thiophene rings is 1. The summed E-state index contributed by atoms with van der Waals surface area (Å²) in [5, 5.41) is 1.93. The van der Waals surface area contributed by atoms with Crippen LogP contribution in [0.15, 0.2) is 62.8 Å². The molecule has 1 aromatic carbocycles. The third-order valence-corrected chi connectivity index (χ3v) is 6.74. The van der Waals surface area contributed by atoms with Crippen LogP contribution in [0, 0.1) is 0 Å². The quantitative estimate of drug-likeness (QED) is 0.536. The summed E-state index contributed by atoms with van der Waals surface area (Å²) in [7, 11) is 0. The number of para-hydroxylation sites is 1. The second-order valence-electron chi connectivity index (χ2n) is 6.79. The van der Waals surface area contributed by atoms with Crippen molar-refractivity contribution in [2.45, 2.75) is 26.8 Å². The summed E-state index contributed by atoms with van der Waals surface area (Å²) < 4.78 is 13.1. The van der Waals surface area contributed by atoms with E-state index in [4.69, 9.17) is 9.47 Å². The monoisotopic (exact) mass is 454 g/mol. The molecule has 3 heterocycles. The first kappa shape index (κ1) is 21.3. The van der Waals surface area contributed by atoms with Crippen LogP contribution in [0.25, 0.3) is 6.08 Å². The van der Waals surface area contributed by atoms with Gasteiger partial charge < -0.3 is 9.47 Å². The molecule has 0 saturated carbocycles. The molecular formula is C23H22N2O4S2. The van der Waals surface area contributed by atoms with Crippen LogP contribution in [0.2, 0.25) is 0 Å². The first-order valence-electron chi connectivity index (χ1n) is 10.00. The molecule has 1 aliphatic rings. The van der Waals surface area contributed by atoms with Gasteiger partial charge in [-0.3, -0.25) is 9.36 Å². The number of esters is 1. The van der Waals surface area contributed by atoms with E-state index < -0.39 is 12.0 Å². The van der Waals surface area contributed by atoms with Gasteiger partial charge in [-0.15, -0.1) is 11.3 Å². The predicted octanol–water partition coefficient (Wildman–Crippen LogP) is 3.26. The molecule has 6 nitrogen and oxygen atoms in total. The lowest BCUT2D eigenvalue weighted by Crippen LogP contribution is -2.39. The Labute approximate surface area is 187 Å². The van der Waals surface area contributed by atoms with E-state index in [0.717, 1.165) is 10.4 Å². The number of ether oxygens (including phenoxy) is 2. The molecular weight excluding hydrogens is 432 g/mol. The normalized spacial score (nSPS) is 16.1. The Morgan fingerprint density at radius 1 is 1.19 bits per heavy atom. The molecule has 0 aliphatic carbocycles. The molecule has 0 fully saturated rings. The third kappa shape index (κ3) is 4.00. The van der Waals surface area contributed by atoms with Crippen molar-refractivity contribution >= 4 is 34.7 Å². The van der Waals surface area contributed by atoms with Crippen LogP contribution in [0.1, 0.15) is 37.3 Å². The van der Waals surface area contributed by atoms with Gasteiger partial charge in [-0.05, 0) is 44.4 Å². The van der Waals surface area contributed by atoms with E-state index in [1.807, 2.05) is 54.8 Å². The summed E-state index contributed by atoms with van der Waals surface area (Å²) in [6.45, 7) is 6.26. The molecule has 0 radical (unpaired) electrons. The number of hydrogen-bond donors (Lipinski definition) is 0. The van der Waals surface area contributed by atoms with Crippen LogP contribution >= 0.6 is 22.7 Å². The largest absolute Gasteiger partial charge is 0.493 e. The van der Waals surface area contributed by atoms with Gasteiger partial charge in [-0.2, -0.15) is 0 Å². The zero-order chi connectivity index (χ0) is 22.0. The molecule has 8 heteroatoms. The molecule has 3 aromatic rings. The Balaban J connectivity index is 1.93. The minimum absolute atomic E-state index is 0.192. The van der Waals surface area contributed by atoms with Crippen molar-refractivity contribution in [1.29, 1.82) is 0 Å². The van der Waals surface area contributed by atoms with Crippen LogP contribution in [-0.4, -0.2) is 23.8 Å². The molecule has 0 amide bonds. The lowest BCUT2D eigenvalue weighted by atomic mass is 10.0. The summed E-state index contributed by atoms with van der Waals surface area (Å²) >= 11 is 2.80. The van der Waals surface area contributed by atoms with Gasteiger partial charge in [-0.1, -0.05) is 35.6 Å². The van der Waals surface area contributed by atoms with Gasteiger partial charge in [-0.25, -0.2) is 9.79 Å². The van der Waals surface area contributed by atoms with Gasteiger partial charge in [0.15, 0.2) is 4.80 Å². The first-order chi connectivity index (χ1) is 15.0. The maximum atomic E-state index is 13.5. The number of aromatic nitrogens is 1. The van der Waals surface area contributed by atoms with Crippen molar-refractivity contribution in [2.75, 3.05) is 13.2 Å². The number of rotatable bonds is 6. The maximum Gasteiger partial charge on any atom is 0.338 e. The smallest absolute Gasteiger partial charge is 0.338 e. The molecule has 0 N–H and O–H groups in total. The fraction of sp³-hybridized carbons (Fsp3) is 0.261. The summed E-state index contributed by atoms with van der Waals surface area (Å²) in [6, 6.07) is 10.9. The molecule has 0 spiro atoms. The van der Waals surface area contributed by atoms with E-state index in [2.05, 4.69) is 4.99 Å². The Morgan fingerprint density at radius 3 is 2.71 bits per heavy atom. The number of benzene rings is 1. The summed E-state index contributed by atoms with van der Waals surface area (Å²) in [6.07, 6.45) is 1.82. The Hall–Kier alpha value is -2.97. The van der Waals surface area contributed by atoms with Crippen LogP contribution in [0.5, 0.6) is 5.75 Å². The van der Waals surface area contributed by atoms with Gasteiger partial charge in [0.25, 0.3) is 5.56 Å². The average Bonchev–Trinajstić information content (AvgIpc) is 3.38. The van der Waals surface area contributed by atoms with Gasteiger partial charge in [0.2, 0.25) is 0 Å². The van der Waals surface area contributed by atoms with Crippen molar-refractivity contribution in [3.8, 4) is 5.75 Å². The Bertz CT molecular complexity index is 1320. The van der Waals surface area contributed by atoms with Crippen molar-refractivity contribution in [3.05, 3.63) is 83.2 Å². The summed E-state index contributed by atoms with van der Waals surface area (Å²) in [4.78, 5) is 32.3.